The molecule has 3 rings (SSSR count). The van der Waals surface area contributed by atoms with Gasteiger partial charge in [-0.15, -0.1) is 11.3 Å². The third-order valence-electron chi connectivity index (χ3n) is 3.46. The summed E-state index contributed by atoms with van der Waals surface area (Å²) >= 11 is 1.72. The van der Waals surface area contributed by atoms with E-state index >= 15 is 0 Å². The van der Waals surface area contributed by atoms with Crippen LogP contribution in [-0.2, 0) is 13.0 Å². The maximum atomic E-state index is 4.34. The van der Waals surface area contributed by atoms with Gasteiger partial charge in [0, 0.05) is 30.0 Å². The Kier molecular flexibility index (Phi) is 2.99. The number of rotatable bonds is 3. The Balaban J connectivity index is 1.85. The largest absolute Gasteiger partial charge is 0.347 e. The van der Waals surface area contributed by atoms with Gasteiger partial charge in [0.2, 0.25) is 0 Å². The molecule has 1 atom stereocenters. The van der Waals surface area contributed by atoms with Crippen molar-refractivity contribution in [1.29, 1.82) is 0 Å². The average Bonchev–Trinajstić information content (AvgIpc) is 2.97. The van der Waals surface area contributed by atoms with Crippen LogP contribution in [0.4, 0.5) is 0 Å². The summed E-state index contributed by atoms with van der Waals surface area (Å²) in [4.78, 5) is 4.34. The molecule has 17 heavy (non-hydrogen) atoms. The second-order valence-electron chi connectivity index (χ2n) is 4.57. The molecule has 1 N–H and O–H groups in total. The van der Waals surface area contributed by atoms with Crippen molar-refractivity contribution in [3.8, 4) is 0 Å². The van der Waals surface area contributed by atoms with Crippen LogP contribution in [0.25, 0.3) is 0 Å². The van der Waals surface area contributed by atoms with Crippen molar-refractivity contribution in [2.24, 2.45) is 0 Å². The molecule has 3 nitrogen and oxygen atoms in total. The van der Waals surface area contributed by atoms with Crippen LogP contribution in [0.5, 0.6) is 0 Å². The highest BCUT2D eigenvalue weighted by Gasteiger charge is 2.20. The minimum Gasteiger partial charge on any atom is -0.347 e. The molecule has 90 valence electrons. The van der Waals surface area contributed by atoms with Crippen molar-refractivity contribution in [3.63, 3.8) is 0 Å². The zero-order chi connectivity index (χ0) is 11.7. The summed E-state index contributed by atoms with van der Waals surface area (Å²) in [5, 5.41) is 6.62. The topological polar surface area (TPSA) is 29.9 Å². The van der Waals surface area contributed by atoms with Crippen LogP contribution in [0.3, 0.4) is 0 Å². The van der Waals surface area contributed by atoms with Gasteiger partial charge in [0.1, 0.15) is 5.01 Å². The van der Waals surface area contributed by atoms with Crippen molar-refractivity contribution < 1.29 is 0 Å². The Morgan fingerprint density at radius 3 is 3.24 bits per heavy atom. The first-order valence-corrected chi connectivity index (χ1v) is 6.99. The van der Waals surface area contributed by atoms with Crippen molar-refractivity contribution >= 4 is 11.3 Å². The molecule has 0 saturated heterocycles. The first-order valence-electron chi connectivity index (χ1n) is 6.11. The summed E-state index contributed by atoms with van der Waals surface area (Å²) in [6.45, 7) is 0.904. The Morgan fingerprint density at radius 1 is 1.53 bits per heavy atom. The number of nitrogens with one attached hydrogen (secondary N) is 1. The minimum absolute atomic E-state index is 0.538. The molecular formula is C13H17N3S. The SMILES string of the molecule is CNC1CCCc2cn(Cc3nccs3)cc21. The fourth-order valence-electron chi connectivity index (χ4n) is 2.63. The number of nitrogens with zero attached hydrogens (tertiary/aromatic N) is 2. The summed E-state index contributed by atoms with van der Waals surface area (Å²) in [6, 6.07) is 0.538. The van der Waals surface area contributed by atoms with E-state index in [0.29, 0.717) is 6.04 Å². The van der Waals surface area contributed by atoms with Crippen LogP contribution in [0, 0.1) is 0 Å². The van der Waals surface area contributed by atoms with Gasteiger partial charge < -0.3 is 9.88 Å². The quantitative estimate of drug-likeness (QED) is 0.903. The van der Waals surface area contributed by atoms with Gasteiger partial charge in [0.25, 0.3) is 0 Å². The molecule has 2 aromatic heterocycles. The fraction of sp³-hybridized carbons (Fsp3) is 0.462. The van der Waals surface area contributed by atoms with Crippen LogP contribution in [0.2, 0.25) is 0 Å². The fourth-order valence-corrected chi connectivity index (χ4v) is 3.25. The molecule has 0 spiro atoms. The van der Waals surface area contributed by atoms with Gasteiger partial charge >= 0.3 is 0 Å². The van der Waals surface area contributed by atoms with E-state index in [-0.39, 0.29) is 0 Å². The molecule has 0 bridgehead atoms. The van der Waals surface area contributed by atoms with E-state index in [2.05, 4.69) is 34.3 Å². The Labute approximate surface area is 106 Å². The summed E-state index contributed by atoms with van der Waals surface area (Å²) < 4.78 is 2.28. The summed E-state index contributed by atoms with van der Waals surface area (Å²) in [5.74, 6) is 0. The summed E-state index contributed by atoms with van der Waals surface area (Å²) in [7, 11) is 2.05. The lowest BCUT2D eigenvalue weighted by molar-refractivity contribution is 0.498. The van der Waals surface area contributed by atoms with E-state index in [0.717, 1.165) is 6.54 Å². The Hall–Kier alpha value is -1.13. The molecule has 0 saturated carbocycles. The lowest BCUT2D eigenvalue weighted by Gasteiger charge is -2.21. The number of aromatic nitrogens is 2. The zero-order valence-corrected chi connectivity index (χ0v) is 10.8. The van der Waals surface area contributed by atoms with E-state index in [9.17, 15) is 0 Å². The summed E-state index contributed by atoms with van der Waals surface area (Å²) in [5.41, 5.74) is 2.99. The van der Waals surface area contributed by atoms with Gasteiger partial charge in [-0.25, -0.2) is 4.98 Å². The normalized spacial score (nSPS) is 19.2. The first kappa shape index (κ1) is 11.0. The Morgan fingerprint density at radius 2 is 2.47 bits per heavy atom. The number of hydrogen-bond acceptors (Lipinski definition) is 3. The van der Waals surface area contributed by atoms with E-state index in [1.54, 1.807) is 11.3 Å². The van der Waals surface area contributed by atoms with Crippen LogP contribution in [0.1, 0.15) is 35.0 Å². The molecule has 1 unspecified atom stereocenters. The molecule has 2 aromatic rings. The lowest BCUT2D eigenvalue weighted by atomic mass is 9.91. The maximum absolute atomic E-state index is 4.34. The highest BCUT2D eigenvalue weighted by Crippen LogP contribution is 2.30. The number of aryl methyl sites for hydroxylation is 1. The smallest absolute Gasteiger partial charge is 0.112 e. The second kappa shape index (κ2) is 4.63. The molecule has 4 heteroatoms. The van der Waals surface area contributed by atoms with Gasteiger partial charge in [-0.1, -0.05) is 0 Å². The van der Waals surface area contributed by atoms with Gasteiger partial charge in [0.05, 0.1) is 6.54 Å². The highest BCUT2D eigenvalue weighted by molar-refractivity contribution is 7.09. The van der Waals surface area contributed by atoms with E-state index in [1.807, 2.05) is 11.6 Å². The highest BCUT2D eigenvalue weighted by atomic mass is 32.1. The average molecular weight is 247 g/mol. The minimum atomic E-state index is 0.538. The number of thiazole rings is 1. The maximum Gasteiger partial charge on any atom is 0.112 e. The molecule has 2 heterocycles. The molecular weight excluding hydrogens is 230 g/mol. The van der Waals surface area contributed by atoms with Crippen LogP contribution in [-0.4, -0.2) is 16.6 Å². The molecule has 0 amide bonds. The predicted molar refractivity (Wildman–Crippen MR) is 70.4 cm³/mol. The molecule has 1 aliphatic carbocycles. The molecule has 0 fully saturated rings. The predicted octanol–water partition coefficient (Wildman–Crippen LogP) is 2.59. The van der Waals surface area contributed by atoms with Gasteiger partial charge in [-0.2, -0.15) is 0 Å². The molecule has 0 aliphatic heterocycles. The zero-order valence-electron chi connectivity index (χ0n) is 10.0. The van der Waals surface area contributed by atoms with Crippen molar-refractivity contribution in [3.05, 3.63) is 40.1 Å². The second-order valence-corrected chi connectivity index (χ2v) is 5.55. The Bertz CT molecular complexity index is 487. The van der Waals surface area contributed by atoms with E-state index in [1.165, 1.54) is 35.4 Å². The van der Waals surface area contributed by atoms with E-state index < -0.39 is 0 Å². The van der Waals surface area contributed by atoms with E-state index in [4.69, 9.17) is 0 Å². The van der Waals surface area contributed by atoms with Crippen LogP contribution >= 0.6 is 11.3 Å². The molecule has 1 aliphatic rings. The third kappa shape index (κ3) is 2.15. The number of hydrogen-bond donors (Lipinski definition) is 1. The first-order chi connectivity index (χ1) is 8.36. The van der Waals surface area contributed by atoms with Crippen molar-refractivity contribution in [2.45, 2.75) is 31.8 Å². The van der Waals surface area contributed by atoms with Gasteiger partial charge in [-0.3, -0.25) is 0 Å². The standard InChI is InChI=1S/C13H17N3S/c1-14-12-4-2-3-10-7-16(8-11(10)12)9-13-15-5-6-17-13/h5-8,12,14H,2-4,9H2,1H3. The van der Waals surface area contributed by atoms with Crippen LogP contribution in [0.15, 0.2) is 24.0 Å². The monoisotopic (exact) mass is 247 g/mol. The summed E-state index contributed by atoms with van der Waals surface area (Å²) in [6.07, 6.45) is 10.2. The number of fused-ring (bicyclic) bond motifs is 1. The van der Waals surface area contributed by atoms with Crippen molar-refractivity contribution in [2.75, 3.05) is 7.05 Å². The molecule has 0 aromatic carbocycles. The van der Waals surface area contributed by atoms with Crippen molar-refractivity contribution in [1.82, 2.24) is 14.9 Å². The lowest BCUT2D eigenvalue weighted by Crippen LogP contribution is -2.20. The van der Waals surface area contributed by atoms with Gasteiger partial charge in [0.15, 0.2) is 0 Å². The third-order valence-corrected chi connectivity index (χ3v) is 4.23. The van der Waals surface area contributed by atoms with Crippen LogP contribution < -0.4 is 5.32 Å². The molecule has 0 radical (unpaired) electrons. The van der Waals surface area contributed by atoms with Gasteiger partial charge in [-0.05, 0) is 37.4 Å².